The van der Waals surface area contributed by atoms with Crippen molar-refractivity contribution < 1.29 is 18.8 Å². The second-order valence-electron chi connectivity index (χ2n) is 3.95. The van der Waals surface area contributed by atoms with Gasteiger partial charge in [0.15, 0.2) is 5.58 Å². The minimum atomic E-state index is -0.933. The number of para-hydroxylation sites is 1. The monoisotopic (exact) mass is 291 g/mol. The van der Waals surface area contributed by atoms with Gasteiger partial charge in [-0.2, -0.15) is 0 Å². The maximum absolute atomic E-state index is 10.4. The highest BCUT2D eigenvalue weighted by atomic mass is 32.2. The molecule has 0 bridgehead atoms. The molecule has 0 saturated heterocycles. The minimum absolute atomic E-state index is 0.117. The zero-order valence-electron chi connectivity index (χ0n) is 10.1. The van der Waals surface area contributed by atoms with Gasteiger partial charge in [-0.15, -0.1) is 10.2 Å². The van der Waals surface area contributed by atoms with Crippen LogP contribution in [0.1, 0.15) is 11.6 Å². The molecule has 0 aliphatic heterocycles. The van der Waals surface area contributed by atoms with Crippen molar-refractivity contribution in [1.82, 2.24) is 15.4 Å². The molecule has 3 rings (SSSR count). The van der Waals surface area contributed by atoms with Crippen LogP contribution >= 0.6 is 11.8 Å². The van der Waals surface area contributed by atoms with Crippen LogP contribution in [0.5, 0.6) is 0 Å². The highest BCUT2D eigenvalue weighted by Crippen LogP contribution is 2.22. The Kier molecular flexibility index (Phi) is 3.38. The zero-order valence-corrected chi connectivity index (χ0v) is 11.0. The molecule has 0 aliphatic rings. The van der Waals surface area contributed by atoms with E-state index in [1.54, 1.807) is 0 Å². The number of carbonyl (C=O) groups is 1. The van der Waals surface area contributed by atoms with Crippen molar-refractivity contribution in [3.63, 3.8) is 0 Å². The van der Waals surface area contributed by atoms with Crippen LogP contribution in [0.25, 0.3) is 11.0 Å². The van der Waals surface area contributed by atoms with Gasteiger partial charge in [-0.25, -0.2) is 0 Å². The van der Waals surface area contributed by atoms with Crippen molar-refractivity contribution in [1.29, 1.82) is 0 Å². The van der Waals surface area contributed by atoms with Gasteiger partial charge < -0.3 is 14.0 Å². The van der Waals surface area contributed by atoms with Crippen LogP contribution in [-0.2, 0) is 11.2 Å². The number of aliphatic carboxylic acids is 1. The summed E-state index contributed by atoms with van der Waals surface area (Å²) in [4.78, 5) is 10.4. The Bertz CT molecular complexity index is 752. The number of aromatic nitrogens is 3. The van der Waals surface area contributed by atoms with E-state index >= 15 is 0 Å². The molecule has 0 unspecified atom stereocenters. The Balaban J connectivity index is 1.76. The number of hydrogen-bond acceptors (Lipinski definition) is 7. The smallest absolute Gasteiger partial charge is 0.314 e. The van der Waals surface area contributed by atoms with Crippen molar-refractivity contribution in [2.75, 3.05) is 5.75 Å². The van der Waals surface area contributed by atoms with Crippen molar-refractivity contribution in [2.45, 2.75) is 11.6 Å². The number of thioether (sulfide) groups is 1. The lowest BCUT2D eigenvalue weighted by atomic mass is 10.2. The molecule has 0 spiro atoms. The van der Waals surface area contributed by atoms with Crippen molar-refractivity contribution in [2.24, 2.45) is 0 Å². The van der Waals surface area contributed by atoms with Gasteiger partial charge in [0.2, 0.25) is 5.89 Å². The summed E-state index contributed by atoms with van der Waals surface area (Å²) in [5.41, 5.74) is 1.40. The number of rotatable bonds is 5. The molecule has 1 N–H and O–H groups in total. The van der Waals surface area contributed by atoms with Gasteiger partial charge in [-0.1, -0.05) is 29.1 Å². The largest absolute Gasteiger partial charge is 0.481 e. The van der Waals surface area contributed by atoms with Gasteiger partial charge in [0, 0.05) is 5.39 Å². The number of fused-ring (bicyclic) bond motifs is 1. The third-order valence-corrected chi connectivity index (χ3v) is 3.34. The van der Waals surface area contributed by atoms with Gasteiger partial charge in [-0.3, -0.25) is 4.79 Å². The first-order valence-electron chi connectivity index (χ1n) is 5.72. The van der Waals surface area contributed by atoms with E-state index in [1.807, 2.05) is 24.3 Å². The SMILES string of the molecule is O=C(O)CSc1nnc(Cc2noc3ccccc23)o1. The lowest BCUT2D eigenvalue weighted by Gasteiger charge is -1.91. The maximum atomic E-state index is 10.4. The van der Waals surface area contributed by atoms with Crippen LogP contribution in [0.4, 0.5) is 0 Å². The number of benzene rings is 1. The molecule has 8 heteroatoms. The summed E-state index contributed by atoms with van der Waals surface area (Å²) in [6, 6.07) is 7.49. The van der Waals surface area contributed by atoms with Crippen LogP contribution in [0.2, 0.25) is 0 Å². The maximum Gasteiger partial charge on any atom is 0.314 e. The molecule has 0 amide bonds. The van der Waals surface area contributed by atoms with Gasteiger partial charge in [0.1, 0.15) is 11.4 Å². The molecule has 102 valence electrons. The topological polar surface area (TPSA) is 102 Å². The van der Waals surface area contributed by atoms with Crippen LogP contribution in [-0.4, -0.2) is 32.2 Å². The predicted octanol–water partition coefficient (Wildman–Crippen LogP) is 1.98. The van der Waals surface area contributed by atoms with Gasteiger partial charge >= 0.3 is 5.97 Å². The Hall–Kier alpha value is -2.35. The van der Waals surface area contributed by atoms with Crippen molar-refractivity contribution in [3.8, 4) is 0 Å². The summed E-state index contributed by atoms with van der Waals surface area (Å²) in [5, 5.41) is 21.3. The van der Waals surface area contributed by atoms with Crippen molar-refractivity contribution in [3.05, 3.63) is 35.9 Å². The summed E-state index contributed by atoms with van der Waals surface area (Å²) in [5.74, 6) is -0.677. The summed E-state index contributed by atoms with van der Waals surface area (Å²) in [7, 11) is 0. The van der Waals surface area contributed by atoms with Gasteiger partial charge in [0.05, 0.1) is 6.42 Å². The third-order valence-electron chi connectivity index (χ3n) is 2.54. The van der Waals surface area contributed by atoms with Crippen LogP contribution in [0.15, 0.2) is 38.4 Å². The Labute approximate surface area is 117 Å². The number of carboxylic acids is 1. The zero-order chi connectivity index (χ0) is 13.9. The first-order chi connectivity index (χ1) is 9.72. The molecule has 0 fully saturated rings. The average molecular weight is 291 g/mol. The molecular formula is C12H9N3O4S. The van der Waals surface area contributed by atoms with E-state index in [1.165, 1.54) is 0 Å². The normalized spacial score (nSPS) is 11.0. The quantitative estimate of drug-likeness (QED) is 0.712. The summed E-state index contributed by atoms with van der Waals surface area (Å²) in [6.07, 6.45) is 0.345. The first-order valence-corrected chi connectivity index (χ1v) is 6.71. The van der Waals surface area contributed by atoms with Crippen LogP contribution in [0, 0.1) is 0 Å². The van der Waals surface area contributed by atoms with E-state index in [0.29, 0.717) is 23.6 Å². The van der Waals surface area contributed by atoms with E-state index in [2.05, 4.69) is 15.4 Å². The number of nitrogens with zero attached hydrogens (tertiary/aromatic N) is 3. The third kappa shape index (κ3) is 2.64. The lowest BCUT2D eigenvalue weighted by Crippen LogP contribution is -1.97. The summed E-state index contributed by atoms with van der Waals surface area (Å²) in [6.45, 7) is 0. The van der Waals surface area contributed by atoms with Crippen LogP contribution < -0.4 is 0 Å². The second-order valence-corrected chi connectivity index (χ2v) is 4.87. The number of carboxylic acid groups (broad SMARTS) is 1. The Morgan fingerprint density at radius 1 is 1.30 bits per heavy atom. The molecule has 3 aromatic rings. The molecule has 7 nitrogen and oxygen atoms in total. The molecule has 2 aromatic heterocycles. The van der Waals surface area contributed by atoms with E-state index < -0.39 is 5.97 Å². The summed E-state index contributed by atoms with van der Waals surface area (Å²) < 4.78 is 10.5. The highest BCUT2D eigenvalue weighted by molar-refractivity contribution is 7.99. The fraction of sp³-hybridized carbons (Fsp3) is 0.167. The standard InChI is InChI=1S/C12H9N3O4S/c16-11(17)6-20-12-14-13-10(18-12)5-8-7-3-1-2-4-9(7)19-15-8/h1-4H,5-6H2,(H,16,17). The fourth-order valence-corrected chi connectivity index (χ4v) is 2.20. The Morgan fingerprint density at radius 3 is 3.00 bits per heavy atom. The van der Waals surface area contributed by atoms with Crippen LogP contribution in [0.3, 0.4) is 0 Å². The molecular weight excluding hydrogens is 282 g/mol. The van der Waals surface area contributed by atoms with E-state index in [-0.39, 0.29) is 11.0 Å². The highest BCUT2D eigenvalue weighted by Gasteiger charge is 2.13. The van der Waals surface area contributed by atoms with E-state index in [4.69, 9.17) is 14.0 Å². The van der Waals surface area contributed by atoms with Crippen molar-refractivity contribution >= 4 is 28.7 Å². The molecule has 0 radical (unpaired) electrons. The summed E-state index contributed by atoms with van der Waals surface area (Å²) >= 11 is 0.982. The lowest BCUT2D eigenvalue weighted by molar-refractivity contribution is -0.133. The number of hydrogen-bond donors (Lipinski definition) is 1. The Morgan fingerprint density at radius 2 is 2.15 bits per heavy atom. The van der Waals surface area contributed by atoms with Gasteiger partial charge in [0.25, 0.3) is 5.22 Å². The van der Waals surface area contributed by atoms with Gasteiger partial charge in [-0.05, 0) is 12.1 Å². The molecule has 2 heterocycles. The second kappa shape index (κ2) is 5.33. The minimum Gasteiger partial charge on any atom is -0.481 e. The van der Waals surface area contributed by atoms with E-state index in [9.17, 15) is 4.79 Å². The molecule has 0 aliphatic carbocycles. The molecule has 0 saturated carbocycles. The van der Waals surface area contributed by atoms with E-state index in [0.717, 1.165) is 17.1 Å². The average Bonchev–Trinajstić information content (AvgIpc) is 3.05. The first kappa shape index (κ1) is 12.7. The molecule has 20 heavy (non-hydrogen) atoms. The molecule has 1 aromatic carbocycles. The predicted molar refractivity (Wildman–Crippen MR) is 69.5 cm³/mol. The fourth-order valence-electron chi connectivity index (χ4n) is 1.70. The molecule has 0 atom stereocenters.